The van der Waals surface area contributed by atoms with Crippen molar-refractivity contribution in [3.63, 3.8) is 0 Å². The number of amides is 1. The van der Waals surface area contributed by atoms with Crippen molar-refractivity contribution in [2.45, 2.75) is 38.4 Å². The molecule has 182 valence electrons. The molecule has 3 aromatic heterocycles. The standard InChI is InChI=1S/C24H24F3N7O/c1-14-11-15(3-6-17(14)23(35)31-16-4-5-16)21-13-29-22-19(28-10-8-24(25,26)27)12-18(32-34(21)22)20-7-9-30-33(20)2/h3,6-7,9,11-13,16,28H,4-5,8,10H2,1-2H3,(H,31,35). The number of rotatable bonds is 7. The first-order valence-corrected chi connectivity index (χ1v) is 11.3. The molecule has 1 saturated carbocycles. The van der Waals surface area contributed by atoms with E-state index in [1.54, 1.807) is 46.8 Å². The smallest absolute Gasteiger partial charge is 0.382 e. The second-order valence-corrected chi connectivity index (χ2v) is 8.73. The van der Waals surface area contributed by atoms with Gasteiger partial charge in [0.05, 0.1) is 29.7 Å². The summed E-state index contributed by atoms with van der Waals surface area (Å²) < 4.78 is 41.5. The molecule has 0 spiro atoms. The lowest BCUT2D eigenvalue weighted by Crippen LogP contribution is -2.26. The normalized spacial score (nSPS) is 13.9. The maximum absolute atomic E-state index is 12.7. The predicted molar refractivity (Wildman–Crippen MR) is 125 cm³/mol. The molecule has 11 heteroatoms. The van der Waals surface area contributed by atoms with E-state index in [4.69, 9.17) is 5.10 Å². The molecule has 1 aromatic carbocycles. The van der Waals surface area contributed by atoms with Crippen LogP contribution in [-0.4, -0.2) is 49.0 Å². The number of carbonyl (C=O) groups is 1. The van der Waals surface area contributed by atoms with Gasteiger partial charge in [-0.1, -0.05) is 6.07 Å². The number of imidazole rings is 1. The molecule has 4 aromatic rings. The third-order valence-electron chi connectivity index (χ3n) is 5.95. The number of alkyl halides is 3. The highest BCUT2D eigenvalue weighted by Crippen LogP contribution is 2.30. The average molecular weight is 483 g/mol. The molecule has 1 amide bonds. The van der Waals surface area contributed by atoms with Gasteiger partial charge in [0.2, 0.25) is 0 Å². The van der Waals surface area contributed by atoms with E-state index in [-0.39, 0.29) is 18.5 Å². The molecule has 3 heterocycles. The fourth-order valence-corrected chi connectivity index (χ4v) is 3.95. The lowest BCUT2D eigenvalue weighted by atomic mass is 10.0. The Morgan fingerprint density at radius 2 is 1.97 bits per heavy atom. The van der Waals surface area contributed by atoms with E-state index in [0.29, 0.717) is 34.0 Å². The van der Waals surface area contributed by atoms with Crippen LogP contribution < -0.4 is 10.6 Å². The number of anilines is 1. The zero-order valence-corrected chi connectivity index (χ0v) is 19.2. The number of halogens is 3. The molecule has 0 atom stereocenters. The average Bonchev–Trinajstić information content (AvgIpc) is 3.33. The van der Waals surface area contributed by atoms with Gasteiger partial charge in [-0.3, -0.25) is 9.48 Å². The predicted octanol–water partition coefficient (Wildman–Crippen LogP) is 4.36. The lowest BCUT2D eigenvalue weighted by molar-refractivity contribution is -0.131. The Balaban J connectivity index is 1.55. The second-order valence-electron chi connectivity index (χ2n) is 8.73. The largest absolute Gasteiger partial charge is 0.390 e. The first-order chi connectivity index (χ1) is 16.7. The summed E-state index contributed by atoms with van der Waals surface area (Å²) in [6.45, 7) is 1.58. The van der Waals surface area contributed by atoms with Crippen molar-refractivity contribution in [2.24, 2.45) is 7.05 Å². The highest BCUT2D eigenvalue weighted by Gasteiger charge is 2.27. The molecule has 2 N–H and O–H groups in total. The number of aromatic nitrogens is 5. The minimum absolute atomic E-state index is 0.0949. The second kappa shape index (κ2) is 8.71. The first-order valence-electron chi connectivity index (χ1n) is 11.3. The van der Waals surface area contributed by atoms with Crippen LogP contribution in [0.25, 0.3) is 28.3 Å². The molecule has 1 aliphatic carbocycles. The van der Waals surface area contributed by atoms with Crippen molar-refractivity contribution in [3.05, 3.63) is 53.9 Å². The van der Waals surface area contributed by atoms with Crippen LogP contribution in [-0.2, 0) is 7.05 Å². The van der Waals surface area contributed by atoms with Crippen molar-refractivity contribution in [2.75, 3.05) is 11.9 Å². The van der Waals surface area contributed by atoms with Crippen LogP contribution in [0.5, 0.6) is 0 Å². The van der Waals surface area contributed by atoms with E-state index < -0.39 is 12.6 Å². The Bertz CT molecular complexity index is 1400. The monoisotopic (exact) mass is 483 g/mol. The summed E-state index contributed by atoms with van der Waals surface area (Å²) in [5.74, 6) is -0.0949. The van der Waals surface area contributed by atoms with Gasteiger partial charge >= 0.3 is 6.18 Å². The van der Waals surface area contributed by atoms with Gasteiger partial charge in [0.25, 0.3) is 5.91 Å². The molecule has 0 saturated heterocycles. The van der Waals surface area contributed by atoms with Crippen LogP contribution in [0.1, 0.15) is 35.2 Å². The molecular formula is C24H24F3N7O. The van der Waals surface area contributed by atoms with Crippen molar-refractivity contribution in [3.8, 4) is 22.6 Å². The van der Waals surface area contributed by atoms with E-state index in [0.717, 1.165) is 24.0 Å². The van der Waals surface area contributed by atoms with Gasteiger partial charge in [0, 0.05) is 37.0 Å². The molecule has 5 rings (SSSR count). The van der Waals surface area contributed by atoms with Crippen LogP contribution >= 0.6 is 0 Å². The maximum Gasteiger partial charge on any atom is 0.390 e. The highest BCUT2D eigenvalue weighted by molar-refractivity contribution is 5.96. The van der Waals surface area contributed by atoms with Crippen molar-refractivity contribution >= 4 is 17.2 Å². The number of benzene rings is 1. The Hall–Kier alpha value is -3.89. The lowest BCUT2D eigenvalue weighted by Gasteiger charge is -2.13. The number of nitrogens with one attached hydrogen (secondary N) is 2. The third kappa shape index (κ3) is 4.84. The Kier molecular flexibility index (Phi) is 5.70. The van der Waals surface area contributed by atoms with Gasteiger partial charge in [-0.25, -0.2) is 9.50 Å². The summed E-state index contributed by atoms with van der Waals surface area (Å²) in [5.41, 5.74) is 4.92. The summed E-state index contributed by atoms with van der Waals surface area (Å²) in [6.07, 6.45) is 0.0282. The van der Waals surface area contributed by atoms with Gasteiger partial charge in [-0.05, 0) is 49.6 Å². The van der Waals surface area contributed by atoms with Crippen LogP contribution in [0.4, 0.5) is 18.9 Å². The molecule has 1 fully saturated rings. The number of nitrogens with zero attached hydrogens (tertiary/aromatic N) is 5. The number of aryl methyl sites for hydroxylation is 2. The van der Waals surface area contributed by atoms with Gasteiger partial charge in [-0.2, -0.15) is 23.4 Å². The number of fused-ring (bicyclic) bond motifs is 1. The van der Waals surface area contributed by atoms with E-state index >= 15 is 0 Å². The van der Waals surface area contributed by atoms with Gasteiger partial charge < -0.3 is 10.6 Å². The zero-order valence-electron chi connectivity index (χ0n) is 19.2. The zero-order chi connectivity index (χ0) is 24.7. The highest BCUT2D eigenvalue weighted by atomic mass is 19.4. The van der Waals surface area contributed by atoms with E-state index in [9.17, 15) is 18.0 Å². The number of carbonyl (C=O) groups excluding carboxylic acids is 1. The van der Waals surface area contributed by atoms with Crippen molar-refractivity contribution in [1.82, 2.24) is 29.7 Å². The summed E-state index contributed by atoms with van der Waals surface area (Å²) in [4.78, 5) is 17.0. The summed E-state index contributed by atoms with van der Waals surface area (Å²) in [6, 6.07) is 9.21. The maximum atomic E-state index is 12.7. The molecule has 1 aliphatic rings. The topological polar surface area (TPSA) is 89.1 Å². The molecule has 35 heavy (non-hydrogen) atoms. The minimum atomic E-state index is -4.27. The molecule has 0 aliphatic heterocycles. The third-order valence-corrected chi connectivity index (χ3v) is 5.95. The summed E-state index contributed by atoms with van der Waals surface area (Å²) >= 11 is 0. The Morgan fingerprint density at radius 3 is 2.63 bits per heavy atom. The van der Waals surface area contributed by atoms with E-state index in [2.05, 4.69) is 20.7 Å². The molecule has 8 nitrogen and oxygen atoms in total. The fraction of sp³-hybridized carbons (Fsp3) is 0.333. The van der Waals surface area contributed by atoms with E-state index in [1.807, 2.05) is 19.1 Å². The van der Waals surface area contributed by atoms with E-state index in [1.165, 1.54) is 0 Å². The van der Waals surface area contributed by atoms with Crippen LogP contribution in [0.2, 0.25) is 0 Å². The van der Waals surface area contributed by atoms with Gasteiger partial charge in [0.15, 0.2) is 5.65 Å². The molecule has 0 unspecified atom stereocenters. The van der Waals surface area contributed by atoms with Crippen LogP contribution in [0, 0.1) is 6.92 Å². The van der Waals surface area contributed by atoms with Gasteiger partial charge in [0.1, 0.15) is 5.69 Å². The van der Waals surface area contributed by atoms with Crippen LogP contribution in [0.15, 0.2) is 42.7 Å². The van der Waals surface area contributed by atoms with Gasteiger partial charge in [-0.15, -0.1) is 0 Å². The minimum Gasteiger partial charge on any atom is -0.382 e. The van der Waals surface area contributed by atoms with Crippen molar-refractivity contribution < 1.29 is 18.0 Å². The van der Waals surface area contributed by atoms with Crippen LogP contribution in [0.3, 0.4) is 0 Å². The molecule has 0 bridgehead atoms. The number of hydrogen-bond donors (Lipinski definition) is 2. The van der Waals surface area contributed by atoms with Crippen molar-refractivity contribution in [1.29, 1.82) is 0 Å². The summed E-state index contributed by atoms with van der Waals surface area (Å²) in [5, 5.41) is 14.8. The Morgan fingerprint density at radius 1 is 1.17 bits per heavy atom. The quantitative estimate of drug-likeness (QED) is 0.408. The SMILES string of the molecule is Cc1cc(-c2cnc3c(NCCC(F)(F)F)cc(-c4ccnn4C)nn23)ccc1C(=O)NC1CC1. The fourth-order valence-electron chi connectivity index (χ4n) is 3.95. The first kappa shape index (κ1) is 22.9. The molecular weight excluding hydrogens is 459 g/mol. The number of hydrogen-bond acceptors (Lipinski definition) is 5. The summed E-state index contributed by atoms with van der Waals surface area (Å²) in [7, 11) is 1.77. The Labute approximate surface area is 199 Å². The molecule has 0 radical (unpaired) electrons.